The van der Waals surface area contributed by atoms with Gasteiger partial charge < -0.3 is 5.32 Å². The fourth-order valence-electron chi connectivity index (χ4n) is 2.39. The highest BCUT2D eigenvalue weighted by Gasteiger charge is 2.29. The Balaban J connectivity index is 1.85. The van der Waals surface area contributed by atoms with Crippen molar-refractivity contribution in [2.24, 2.45) is 5.92 Å². The van der Waals surface area contributed by atoms with E-state index in [2.05, 4.69) is 43.4 Å². The van der Waals surface area contributed by atoms with Gasteiger partial charge in [-0.25, -0.2) is 0 Å². The van der Waals surface area contributed by atoms with E-state index in [-0.39, 0.29) is 0 Å². The van der Waals surface area contributed by atoms with Gasteiger partial charge in [-0.2, -0.15) is 0 Å². The maximum Gasteiger partial charge on any atom is 0.0208 e. The molecule has 0 radical (unpaired) electrons. The summed E-state index contributed by atoms with van der Waals surface area (Å²) < 4.78 is 0. The first-order valence-electron chi connectivity index (χ1n) is 6.58. The predicted octanol–water partition coefficient (Wildman–Crippen LogP) is 3.66. The molecule has 0 heterocycles. The first-order valence-corrected chi connectivity index (χ1v) is 6.58. The lowest BCUT2D eigenvalue weighted by atomic mass is 10.1. The average Bonchev–Trinajstić information content (AvgIpc) is 3.08. The molecule has 1 N–H and O–H groups in total. The Labute approximate surface area is 99.3 Å². The molecule has 88 valence electrons. The van der Waals surface area contributed by atoms with Crippen LogP contribution in [0.5, 0.6) is 0 Å². The average molecular weight is 217 g/mol. The second-order valence-corrected chi connectivity index (χ2v) is 5.10. The van der Waals surface area contributed by atoms with E-state index in [1.807, 2.05) is 0 Å². The molecule has 16 heavy (non-hydrogen) atoms. The van der Waals surface area contributed by atoms with Gasteiger partial charge in [0.15, 0.2) is 0 Å². The van der Waals surface area contributed by atoms with E-state index in [0.29, 0.717) is 0 Å². The molecule has 1 unspecified atom stereocenters. The van der Waals surface area contributed by atoms with Crippen LogP contribution >= 0.6 is 0 Å². The summed E-state index contributed by atoms with van der Waals surface area (Å²) in [6.07, 6.45) is 5.50. The number of benzene rings is 1. The highest BCUT2D eigenvalue weighted by Crippen LogP contribution is 2.34. The molecule has 0 aromatic heterocycles. The van der Waals surface area contributed by atoms with Crippen LogP contribution in [0.1, 0.15) is 43.7 Å². The van der Waals surface area contributed by atoms with Crippen LogP contribution < -0.4 is 5.32 Å². The second kappa shape index (κ2) is 5.49. The molecule has 1 aromatic carbocycles. The van der Waals surface area contributed by atoms with Crippen LogP contribution in [0.4, 0.5) is 0 Å². The van der Waals surface area contributed by atoms with E-state index in [0.717, 1.165) is 18.5 Å². The van der Waals surface area contributed by atoms with Gasteiger partial charge in [0, 0.05) is 12.6 Å². The van der Waals surface area contributed by atoms with Crippen molar-refractivity contribution in [1.29, 1.82) is 0 Å². The largest absolute Gasteiger partial charge is 0.310 e. The molecule has 1 aliphatic carbocycles. The molecule has 1 nitrogen and oxygen atoms in total. The fourth-order valence-corrected chi connectivity index (χ4v) is 2.39. The van der Waals surface area contributed by atoms with Crippen molar-refractivity contribution >= 4 is 0 Å². The van der Waals surface area contributed by atoms with Crippen molar-refractivity contribution in [2.45, 2.75) is 52.1 Å². The highest BCUT2D eigenvalue weighted by molar-refractivity contribution is 5.22. The van der Waals surface area contributed by atoms with Crippen LogP contribution in [0.25, 0.3) is 0 Å². The van der Waals surface area contributed by atoms with E-state index >= 15 is 0 Å². The van der Waals surface area contributed by atoms with Crippen molar-refractivity contribution in [3.05, 3.63) is 35.4 Å². The van der Waals surface area contributed by atoms with E-state index in [1.54, 1.807) is 0 Å². The summed E-state index contributed by atoms with van der Waals surface area (Å²) >= 11 is 0. The molecule has 1 saturated carbocycles. The minimum atomic E-state index is 0.755. The lowest BCUT2D eigenvalue weighted by molar-refractivity contribution is 0.430. The van der Waals surface area contributed by atoms with Crippen LogP contribution in [0, 0.1) is 12.8 Å². The van der Waals surface area contributed by atoms with E-state index in [1.165, 1.54) is 36.8 Å². The summed E-state index contributed by atoms with van der Waals surface area (Å²) in [7, 11) is 0. The van der Waals surface area contributed by atoms with E-state index in [9.17, 15) is 0 Å². The summed E-state index contributed by atoms with van der Waals surface area (Å²) in [4.78, 5) is 0. The van der Waals surface area contributed by atoms with Crippen molar-refractivity contribution in [3.8, 4) is 0 Å². The maximum atomic E-state index is 3.73. The molecule has 0 saturated heterocycles. The van der Waals surface area contributed by atoms with Gasteiger partial charge in [0.25, 0.3) is 0 Å². The SMILES string of the molecule is CCCC(NCc1cccc(C)c1)C1CC1. The van der Waals surface area contributed by atoms with Gasteiger partial charge in [-0.15, -0.1) is 0 Å². The first kappa shape index (κ1) is 11.7. The smallest absolute Gasteiger partial charge is 0.0208 e. The third-order valence-corrected chi connectivity index (χ3v) is 3.44. The molecule has 1 atom stereocenters. The summed E-state index contributed by atoms with van der Waals surface area (Å²) in [5.41, 5.74) is 2.78. The normalized spacial score (nSPS) is 17.4. The Morgan fingerprint density at radius 3 is 2.81 bits per heavy atom. The topological polar surface area (TPSA) is 12.0 Å². The van der Waals surface area contributed by atoms with Crippen molar-refractivity contribution in [3.63, 3.8) is 0 Å². The van der Waals surface area contributed by atoms with Gasteiger partial charge in [-0.1, -0.05) is 43.2 Å². The Hall–Kier alpha value is -0.820. The van der Waals surface area contributed by atoms with Gasteiger partial charge in [-0.3, -0.25) is 0 Å². The number of aryl methyl sites for hydroxylation is 1. The molecule has 0 amide bonds. The zero-order valence-electron chi connectivity index (χ0n) is 10.5. The van der Waals surface area contributed by atoms with Gasteiger partial charge >= 0.3 is 0 Å². The van der Waals surface area contributed by atoms with Gasteiger partial charge in [-0.05, 0) is 37.7 Å². The molecule has 0 bridgehead atoms. The molecule has 2 rings (SSSR count). The van der Waals surface area contributed by atoms with E-state index in [4.69, 9.17) is 0 Å². The maximum absolute atomic E-state index is 3.73. The third-order valence-electron chi connectivity index (χ3n) is 3.44. The molecular weight excluding hydrogens is 194 g/mol. The minimum Gasteiger partial charge on any atom is -0.310 e. The van der Waals surface area contributed by atoms with Crippen molar-refractivity contribution in [2.75, 3.05) is 0 Å². The highest BCUT2D eigenvalue weighted by atomic mass is 14.9. The number of hydrogen-bond donors (Lipinski definition) is 1. The minimum absolute atomic E-state index is 0.755. The molecule has 1 fully saturated rings. The standard InChI is InChI=1S/C15H23N/c1-3-5-15(14-8-9-14)16-11-13-7-4-6-12(2)10-13/h4,6-7,10,14-16H,3,5,8-9,11H2,1-2H3. The first-order chi connectivity index (χ1) is 7.79. The van der Waals surface area contributed by atoms with Crippen LogP contribution in [0.2, 0.25) is 0 Å². The quantitative estimate of drug-likeness (QED) is 0.766. The summed E-state index contributed by atoms with van der Waals surface area (Å²) in [6, 6.07) is 9.57. The molecule has 0 spiro atoms. The van der Waals surface area contributed by atoms with Crippen molar-refractivity contribution in [1.82, 2.24) is 5.32 Å². The number of hydrogen-bond acceptors (Lipinski definition) is 1. The Morgan fingerprint density at radius 2 is 2.19 bits per heavy atom. The zero-order chi connectivity index (χ0) is 11.4. The fraction of sp³-hybridized carbons (Fsp3) is 0.600. The molecule has 1 aliphatic rings. The second-order valence-electron chi connectivity index (χ2n) is 5.10. The Morgan fingerprint density at radius 1 is 1.38 bits per heavy atom. The Kier molecular flexibility index (Phi) is 4.00. The third kappa shape index (κ3) is 3.34. The van der Waals surface area contributed by atoms with Crippen LogP contribution in [0.15, 0.2) is 24.3 Å². The summed E-state index contributed by atoms with van der Waals surface area (Å²) in [5, 5.41) is 3.73. The van der Waals surface area contributed by atoms with Crippen LogP contribution in [-0.2, 0) is 6.54 Å². The Bertz CT molecular complexity index is 328. The van der Waals surface area contributed by atoms with Gasteiger partial charge in [0.05, 0.1) is 0 Å². The molecular formula is C15H23N. The summed E-state index contributed by atoms with van der Waals surface area (Å²) in [6.45, 7) is 5.47. The zero-order valence-corrected chi connectivity index (χ0v) is 10.5. The van der Waals surface area contributed by atoms with Gasteiger partial charge in [0.2, 0.25) is 0 Å². The number of nitrogens with one attached hydrogen (secondary N) is 1. The van der Waals surface area contributed by atoms with Crippen LogP contribution in [0.3, 0.4) is 0 Å². The van der Waals surface area contributed by atoms with Gasteiger partial charge in [0.1, 0.15) is 0 Å². The number of rotatable bonds is 6. The molecule has 0 aliphatic heterocycles. The lowest BCUT2D eigenvalue weighted by Gasteiger charge is -2.17. The van der Waals surface area contributed by atoms with Crippen LogP contribution in [-0.4, -0.2) is 6.04 Å². The summed E-state index contributed by atoms with van der Waals surface area (Å²) in [5.74, 6) is 0.963. The lowest BCUT2D eigenvalue weighted by Crippen LogP contribution is -2.30. The molecule has 1 aromatic rings. The predicted molar refractivity (Wildman–Crippen MR) is 69.4 cm³/mol. The molecule has 1 heteroatoms. The van der Waals surface area contributed by atoms with E-state index < -0.39 is 0 Å². The monoisotopic (exact) mass is 217 g/mol. The van der Waals surface area contributed by atoms with Crippen molar-refractivity contribution < 1.29 is 0 Å².